The second kappa shape index (κ2) is 10.6. The topological polar surface area (TPSA) is 37.3 Å². The van der Waals surface area contributed by atoms with Gasteiger partial charge < -0.3 is 14.8 Å². The minimum atomic E-state index is -4.38. The van der Waals surface area contributed by atoms with Gasteiger partial charge in [0.1, 0.15) is 0 Å². The Morgan fingerprint density at radius 3 is 2.59 bits per heavy atom. The molecule has 1 aromatic heterocycles. The Kier molecular flexibility index (Phi) is 7.85. The van der Waals surface area contributed by atoms with Crippen LogP contribution in [0.15, 0.2) is 66.9 Å². The molecule has 0 saturated heterocycles. The Balaban J connectivity index is 1.75. The molecule has 32 heavy (non-hydrogen) atoms. The summed E-state index contributed by atoms with van der Waals surface area (Å²) in [6.07, 6.45) is -0.823. The van der Waals surface area contributed by atoms with Gasteiger partial charge in [0.2, 0.25) is 0 Å². The van der Waals surface area contributed by atoms with Gasteiger partial charge in [-0.1, -0.05) is 43.1 Å². The predicted molar refractivity (Wildman–Crippen MR) is 121 cm³/mol. The lowest BCUT2D eigenvalue weighted by molar-refractivity contribution is -0.137. The molecule has 170 valence electrons. The molecule has 3 aromatic rings. The van der Waals surface area contributed by atoms with Gasteiger partial charge in [0.15, 0.2) is 0 Å². The number of rotatable bonds is 8. The van der Waals surface area contributed by atoms with Crippen LogP contribution in [-0.4, -0.2) is 22.0 Å². The number of aromatic nitrogens is 1. The second-order valence-electron chi connectivity index (χ2n) is 7.54. The van der Waals surface area contributed by atoms with Crippen LogP contribution in [0.25, 0.3) is 0 Å². The molecule has 0 atom stereocenters. The number of nitrogens with one attached hydrogen (secondary N) is 1. The lowest BCUT2D eigenvalue weighted by atomic mass is 10.1. The summed E-state index contributed by atoms with van der Waals surface area (Å²) in [6, 6.07) is 15.7. The zero-order chi connectivity index (χ0) is 23.1. The van der Waals surface area contributed by atoms with E-state index >= 15 is 0 Å². The summed E-state index contributed by atoms with van der Waals surface area (Å²) in [6.45, 7) is 3.21. The molecule has 2 aromatic carbocycles. The van der Waals surface area contributed by atoms with Crippen LogP contribution in [0.4, 0.5) is 23.7 Å². The smallest absolute Gasteiger partial charge is 0.345 e. The van der Waals surface area contributed by atoms with Crippen LogP contribution < -0.4 is 5.32 Å². The lowest BCUT2D eigenvalue weighted by Gasteiger charge is -2.24. The van der Waals surface area contributed by atoms with Crippen molar-refractivity contribution in [3.8, 4) is 0 Å². The fraction of sp³-hybridized carbons (Fsp3) is 0.292. The number of benzene rings is 2. The van der Waals surface area contributed by atoms with Crippen molar-refractivity contribution in [3.63, 3.8) is 0 Å². The number of halogens is 4. The third-order valence-corrected chi connectivity index (χ3v) is 5.26. The summed E-state index contributed by atoms with van der Waals surface area (Å²) in [4.78, 5) is 14.6. The summed E-state index contributed by atoms with van der Waals surface area (Å²) < 4.78 is 41.0. The van der Waals surface area contributed by atoms with E-state index in [1.54, 1.807) is 35.2 Å². The average molecular weight is 464 g/mol. The monoisotopic (exact) mass is 463 g/mol. The molecule has 4 nitrogen and oxygen atoms in total. The molecule has 1 N–H and O–H groups in total. The number of carbonyl (C=O) groups is 1. The summed E-state index contributed by atoms with van der Waals surface area (Å²) in [5.41, 5.74) is 1.30. The quantitative estimate of drug-likeness (QED) is 0.382. The van der Waals surface area contributed by atoms with Gasteiger partial charge in [-0.3, -0.25) is 0 Å². The number of nitrogens with zero attached hydrogens (tertiary/aromatic N) is 2. The van der Waals surface area contributed by atoms with Crippen molar-refractivity contribution in [1.82, 2.24) is 9.47 Å². The van der Waals surface area contributed by atoms with E-state index in [4.69, 9.17) is 11.6 Å². The Morgan fingerprint density at radius 2 is 1.88 bits per heavy atom. The molecular formula is C24H25ClF3N3O. The van der Waals surface area contributed by atoms with E-state index in [1.807, 2.05) is 29.8 Å². The molecule has 2 amide bonds. The first-order valence-electron chi connectivity index (χ1n) is 10.4. The van der Waals surface area contributed by atoms with Crippen LogP contribution in [-0.2, 0) is 19.3 Å². The van der Waals surface area contributed by atoms with E-state index in [0.717, 1.165) is 30.7 Å². The van der Waals surface area contributed by atoms with E-state index in [1.165, 1.54) is 6.07 Å². The number of amides is 2. The number of alkyl halides is 3. The SMILES string of the molecule is CCCCN(Cc1cccn1Cc1cccc(C(F)(F)F)c1)C(=O)Nc1cccc(Cl)c1. The minimum absolute atomic E-state index is 0.257. The van der Waals surface area contributed by atoms with Gasteiger partial charge in [0.25, 0.3) is 0 Å². The zero-order valence-electron chi connectivity index (χ0n) is 17.7. The summed E-state index contributed by atoms with van der Waals surface area (Å²) >= 11 is 6.00. The molecular weight excluding hydrogens is 439 g/mol. The molecule has 0 unspecified atom stereocenters. The van der Waals surface area contributed by atoms with E-state index in [9.17, 15) is 18.0 Å². The van der Waals surface area contributed by atoms with Crippen molar-refractivity contribution < 1.29 is 18.0 Å². The average Bonchev–Trinajstić information content (AvgIpc) is 3.17. The number of unbranched alkanes of at least 4 members (excludes halogenated alkanes) is 1. The van der Waals surface area contributed by atoms with Crippen LogP contribution in [0.3, 0.4) is 0 Å². The molecule has 0 aliphatic rings. The van der Waals surface area contributed by atoms with Crippen molar-refractivity contribution >= 4 is 23.3 Å². The van der Waals surface area contributed by atoms with Crippen LogP contribution >= 0.6 is 11.6 Å². The van der Waals surface area contributed by atoms with Gasteiger partial charge in [-0.2, -0.15) is 13.2 Å². The molecule has 8 heteroatoms. The van der Waals surface area contributed by atoms with Crippen molar-refractivity contribution in [2.24, 2.45) is 0 Å². The highest BCUT2D eigenvalue weighted by Gasteiger charge is 2.30. The molecule has 0 aliphatic carbocycles. The largest absolute Gasteiger partial charge is 0.416 e. The summed E-state index contributed by atoms with van der Waals surface area (Å²) in [7, 11) is 0. The molecule has 0 radical (unpaired) electrons. The van der Waals surface area contributed by atoms with Gasteiger partial charge in [0.05, 0.1) is 12.1 Å². The first kappa shape index (κ1) is 23.7. The number of hydrogen-bond donors (Lipinski definition) is 1. The number of carbonyl (C=O) groups excluding carboxylic acids is 1. The van der Waals surface area contributed by atoms with Crippen LogP contribution in [0.5, 0.6) is 0 Å². The van der Waals surface area contributed by atoms with Crippen LogP contribution in [0, 0.1) is 0 Å². The van der Waals surface area contributed by atoms with Gasteiger partial charge in [-0.25, -0.2) is 4.79 Å². The molecule has 0 saturated carbocycles. The fourth-order valence-electron chi connectivity index (χ4n) is 3.36. The van der Waals surface area contributed by atoms with Gasteiger partial charge >= 0.3 is 12.2 Å². The first-order valence-corrected chi connectivity index (χ1v) is 10.8. The van der Waals surface area contributed by atoms with E-state index in [0.29, 0.717) is 29.4 Å². The van der Waals surface area contributed by atoms with E-state index in [2.05, 4.69) is 5.32 Å². The number of anilines is 1. The fourth-order valence-corrected chi connectivity index (χ4v) is 3.55. The van der Waals surface area contributed by atoms with Crippen molar-refractivity contribution in [1.29, 1.82) is 0 Å². The first-order chi connectivity index (χ1) is 15.3. The molecule has 3 rings (SSSR count). The van der Waals surface area contributed by atoms with Crippen LogP contribution in [0.1, 0.15) is 36.6 Å². The van der Waals surface area contributed by atoms with Crippen molar-refractivity contribution in [2.45, 2.75) is 39.0 Å². The highest BCUT2D eigenvalue weighted by atomic mass is 35.5. The minimum Gasteiger partial charge on any atom is -0.345 e. The number of urea groups is 1. The van der Waals surface area contributed by atoms with E-state index in [-0.39, 0.29) is 12.6 Å². The maximum Gasteiger partial charge on any atom is 0.416 e. The van der Waals surface area contributed by atoms with Crippen LogP contribution in [0.2, 0.25) is 5.02 Å². The highest BCUT2D eigenvalue weighted by molar-refractivity contribution is 6.30. The standard InChI is InChI=1S/C24H25ClF3N3O/c1-2-3-12-31(23(32)29-21-10-5-9-20(25)15-21)17-22-11-6-13-30(22)16-18-7-4-8-19(14-18)24(26,27)28/h4-11,13-15H,2-3,12,16-17H2,1H3,(H,29,32). The van der Waals surface area contributed by atoms with Gasteiger partial charge in [-0.15, -0.1) is 0 Å². The number of hydrogen-bond acceptors (Lipinski definition) is 1. The lowest BCUT2D eigenvalue weighted by Crippen LogP contribution is -2.36. The third kappa shape index (κ3) is 6.53. The molecule has 0 bridgehead atoms. The molecule has 0 spiro atoms. The Labute approximate surface area is 190 Å². The predicted octanol–water partition coefficient (Wildman–Crippen LogP) is 7.04. The van der Waals surface area contributed by atoms with Crippen molar-refractivity contribution in [3.05, 3.63) is 88.7 Å². The molecule has 0 aliphatic heterocycles. The summed E-state index contributed by atoms with van der Waals surface area (Å²) in [5, 5.41) is 3.39. The second-order valence-corrected chi connectivity index (χ2v) is 7.98. The van der Waals surface area contributed by atoms with Gasteiger partial charge in [0, 0.05) is 35.7 Å². The summed E-state index contributed by atoms with van der Waals surface area (Å²) in [5.74, 6) is 0. The maximum atomic E-state index is 13.0. The van der Waals surface area contributed by atoms with E-state index < -0.39 is 11.7 Å². The zero-order valence-corrected chi connectivity index (χ0v) is 18.5. The highest BCUT2D eigenvalue weighted by Crippen LogP contribution is 2.29. The maximum absolute atomic E-state index is 13.0. The third-order valence-electron chi connectivity index (χ3n) is 5.03. The van der Waals surface area contributed by atoms with Gasteiger partial charge in [-0.05, 0) is 54.4 Å². The normalized spacial score (nSPS) is 11.4. The Hall–Kier alpha value is -2.93. The molecule has 0 fully saturated rings. The van der Waals surface area contributed by atoms with Crippen molar-refractivity contribution in [2.75, 3.05) is 11.9 Å². The Morgan fingerprint density at radius 1 is 1.09 bits per heavy atom. The molecule has 1 heterocycles. The Bertz CT molecular complexity index is 1050.